The number of hydrogen-bond acceptors (Lipinski definition) is 5. The zero-order valence-electron chi connectivity index (χ0n) is 16.4. The lowest BCUT2D eigenvalue weighted by Crippen LogP contribution is -2.35. The number of ether oxygens (including phenoxy) is 2. The molecule has 0 saturated heterocycles. The highest BCUT2D eigenvalue weighted by Gasteiger charge is 2.15. The molecule has 1 N–H and O–H groups in total. The van der Waals surface area contributed by atoms with Crippen LogP contribution < -0.4 is 20.3 Å². The molecule has 0 spiro atoms. The fraction of sp³-hybridized carbons (Fsp3) is 0.286. The van der Waals surface area contributed by atoms with Crippen molar-refractivity contribution in [3.05, 3.63) is 64.1 Å². The Morgan fingerprint density at radius 2 is 1.79 bits per heavy atom. The monoisotopic (exact) mass is 381 g/mol. The Hall–Kier alpha value is -3.35. The molecule has 146 valence electrons. The molecule has 2 aromatic carbocycles. The Bertz CT molecular complexity index is 1070. The molecule has 7 heteroatoms. The first-order valence-electron chi connectivity index (χ1n) is 8.92. The van der Waals surface area contributed by atoms with Crippen molar-refractivity contribution in [2.75, 3.05) is 14.2 Å². The van der Waals surface area contributed by atoms with Crippen LogP contribution in [-0.4, -0.2) is 29.9 Å². The molecule has 0 aliphatic rings. The molecule has 28 heavy (non-hydrogen) atoms. The predicted molar refractivity (Wildman–Crippen MR) is 107 cm³/mol. The second-order valence-corrected chi connectivity index (χ2v) is 6.50. The number of carbonyl (C=O) groups is 1. The molecule has 0 saturated carbocycles. The molecular formula is C21H23N3O4. The van der Waals surface area contributed by atoms with Gasteiger partial charge in [-0.2, -0.15) is 5.10 Å². The average Bonchev–Trinajstić information content (AvgIpc) is 2.71. The second-order valence-electron chi connectivity index (χ2n) is 6.50. The lowest BCUT2D eigenvalue weighted by Gasteiger charge is -2.17. The van der Waals surface area contributed by atoms with Crippen molar-refractivity contribution in [1.29, 1.82) is 0 Å². The first kappa shape index (κ1) is 19.4. The molecule has 0 bridgehead atoms. The van der Waals surface area contributed by atoms with E-state index in [4.69, 9.17) is 9.47 Å². The van der Waals surface area contributed by atoms with Gasteiger partial charge in [-0.05, 0) is 37.6 Å². The van der Waals surface area contributed by atoms with Gasteiger partial charge in [0.1, 0.15) is 6.54 Å². The van der Waals surface area contributed by atoms with Gasteiger partial charge < -0.3 is 14.8 Å². The highest BCUT2D eigenvalue weighted by molar-refractivity contribution is 5.83. The Kier molecular flexibility index (Phi) is 5.63. The van der Waals surface area contributed by atoms with Gasteiger partial charge in [0, 0.05) is 5.39 Å². The maximum absolute atomic E-state index is 12.6. The molecule has 0 aliphatic heterocycles. The van der Waals surface area contributed by atoms with Crippen LogP contribution in [0.2, 0.25) is 0 Å². The van der Waals surface area contributed by atoms with Crippen molar-refractivity contribution < 1.29 is 14.3 Å². The number of nitrogens with zero attached hydrogens (tertiary/aromatic N) is 2. The number of rotatable bonds is 6. The fourth-order valence-electron chi connectivity index (χ4n) is 3.14. The van der Waals surface area contributed by atoms with Crippen molar-refractivity contribution in [3.63, 3.8) is 0 Å². The Morgan fingerprint density at radius 3 is 2.46 bits per heavy atom. The normalized spacial score (nSPS) is 11.9. The van der Waals surface area contributed by atoms with E-state index < -0.39 is 0 Å². The summed E-state index contributed by atoms with van der Waals surface area (Å²) in [4.78, 5) is 25.1. The molecule has 1 heterocycles. The summed E-state index contributed by atoms with van der Waals surface area (Å²) in [6.45, 7) is 3.53. The van der Waals surface area contributed by atoms with Crippen LogP contribution in [0.1, 0.15) is 24.2 Å². The molecule has 1 unspecified atom stereocenters. The highest BCUT2D eigenvalue weighted by atomic mass is 16.5. The van der Waals surface area contributed by atoms with E-state index in [1.807, 2.05) is 38.1 Å². The summed E-state index contributed by atoms with van der Waals surface area (Å²) in [5, 5.41) is 8.52. The van der Waals surface area contributed by atoms with Gasteiger partial charge in [-0.3, -0.25) is 9.59 Å². The summed E-state index contributed by atoms with van der Waals surface area (Å²) in [7, 11) is 3.13. The highest BCUT2D eigenvalue weighted by Crippen LogP contribution is 2.29. The number of fused-ring (bicyclic) bond motifs is 1. The van der Waals surface area contributed by atoms with Gasteiger partial charge in [0.15, 0.2) is 11.5 Å². The third-order valence-electron chi connectivity index (χ3n) is 4.63. The quantitative estimate of drug-likeness (QED) is 0.710. The van der Waals surface area contributed by atoms with E-state index in [9.17, 15) is 9.59 Å². The Balaban J connectivity index is 1.78. The molecule has 0 fully saturated rings. The zero-order valence-corrected chi connectivity index (χ0v) is 16.4. The molecule has 1 atom stereocenters. The molecular weight excluding hydrogens is 358 g/mol. The summed E-state index contributed by atoms with van der Waals surface area (Å²) in [5.74, 6) is 0.905. The number of aromatic nitrogens is 2. The van der Waals surface area contributed by atoms with E-state index in [1.165, 1.54) is 4.68 Å². The minimum Gasteiger partial charge on any atom is -0.493 e. The number of amides is 1. The number of aryl methyl sites for hydroxylation is 1. The molecule has 3 rings (SSSR count). The number of methoxy groups -OCH3 is 2. The van der Waals surface area contributed by atoms with Crippen LogP contribution in [-0.2, 0) is 11.3 Å². The van der Waals surface area contributed by atoms with E-state index in [1.54, 1.807) is 32.4 Å². The van der Waals surface area contributed by atoms with Crippen molar-refractivity contribution >= 4 is 16.7 Å². The van der Waals surface area contributed by atoms with Crippen LogP contribution in [0.15, 0.2) is 47.3 Å². The zero-order chi connectivity index (χ0) is 20.3. The van der Waals surface area contributed by atoms with Gasteiger partial charge in [-0.15, -0.1) is 0 Å². The van der Waals surface area contributed by atoms with Crippen molar-refractivity contribution in [2.24, 2.45) is 0 Å². The average molecular weight is 381 g/mol. The summed E-state index contributed by atoms with van der Waals surface area (Å²) >= 11 is 0. The minimum atomic E-state index is -0.299. The van der Waals surface area contributed by atoms with Gasteiger partial charge in [0.25, 0.3) is 5.56 Å². The predicted octanol–water partition coefficient (Wildman–Crippen LogP) is 2.60. The summed E-state index contributed by atoms with van der Waals surface area (Å²) in [6, 6.07) is 12.4. The van der Waals surface area contributed by atoms with E-state index in [2.05, 4.69) is 10.4 Å². The van der Waals surface area contributed by atoms with Crippen LogP contribution in [0, 0.1) is 6.92 Å². The van der Waals surface area contributed by atoms with Crippen molar-refractivity contribution in [1.82, 2.24) is 15.1 Å². The smallest absolute Gasteiger partial charge is 0.275 e. The first-order chi connectivity index (χ1) is 13.4. The molecule has 1 aromatic heterocycles. The van der Waals surface area contributed by atoms with Crippen LogP contribution >= 0.6 is 0 Å². The second kappa shape index (κ2) is 8.12. The number of carbonyl (C=O) groups excluding carboxylic acids is 1. The molecule has 1 amide bonds. The topological polar surface area (TPSA) is 82.5 Å². The number of nitrogens with one attached hydrogen (secondary N) is 1. The van der Waals surface area contributed by atoms with Crippen LogP contribution in [0.5, 0.6) is 11.5 Å². The van der Waals surface area contributed by atoms with Gasteiger partial charge in [-0.1, -0.05) is 24.3 Å². The largest absolute Gasteiger partial charge is 0.493 e. The Morgan fingerprint density at radius 1 is 1.11 bits per heavy atom. The van der Waals surface area contributed by atoms with E-state index in [0.717, 1.165) is 10.9 Å². The summed E-state index contributed by atoms with van der Waals surface area (Å²) in [6.07, 6.45) is 0. The van der Waals surface area contributed by atoms with E-state index >= 15 is 0 Å². The SMILES string of the molecule is COc1ccc(C(C)NC(=O)Cn2nc(C)c3ccccc3c2=O)cc1OC. The van der Waals surface area contributed by atoms with Gasteiger partial charge >= 0.3 is 0 Å². The molecule has 0 aliphatic carbocycles. The van der Waals surface area contributed by atoms with Gasteiger partial charge in [0.2, 0.25) is 5.91 Å². The third-order valence-corrected chi connectivity index (χ3v) is 4.63. The van der Waals surface area contributed by atoms with Crippen LogP contribution in [0.3, 0.4) is 0 Å². The lowest BCUT2D eigenvalue weighted by molar-refractivity contribution is -0.122. The van der Waals surface area contributed by atoms with E-state index in [-0.39, 0.29) is 24.1 Å². The van der Waals surface area contributed by atoms with Crippen LogP contribution in [0.4, 0.5) is 0 Å². The first-order valence-corrected chi connectivity index (χ1v) is 8.92. The van der Waals surface area contributed by atoms with Crippen molar-refractivity contribution in [2.45, 2.75) is 26.4 Å². The molecule has 3 aromatic rings. The third kappa shape index (κ3) is 3.83. The Labute approximate surface area is 162 Å². The number of benzene rings is 2. The van der Waals surface area contributed by atoms with Gasteiger partial charge in [-0.25, -0.2) is 4.68 Å². The van der Waals surface area contributed by atoms with Crippen molar-refractivity contribution in [3.8, 4) is 11.5 Å². The maximum atomic E-state index is 12.6. The van der Waals surface area contributed by atoms with Gasteiger partial charge in [0.05, 0.1) is 31.3 Å². The van der Waals surface area contributed by atoms with Crippen LogP contribution in [0.25, 0.3) is 10.8 Å². The minimum absolute atomic E-state index is 0.151. The number of hydrogen-bond donors (Lipinski definition) is 1. The van der Waals surface area contributed by atoms with E-state index in [0.29, 0.717) is 22.6 Å². The molecule has 0 radical (unpaired) electrons. The summed E-state index contributed by atoms with van der Waals surface area (Å²) in [5.41, 5.74) is 1.28. The summed E-state index contributed by atoms with van der Waals surface area (Å²) < 4.78 is 11.7. The fourth-order valence-corrected chi connectivity index (χ4v) is 3.14. The molecule has 7 nitrogen and oxygen atoms in total. The standard InChI is InChI=1S/C21H23N3O4/c1-13(15-9-10-18(27-3)19(11-15)28-4)22-20(25)12-24-21(26)17-8-6-5-7-16(17)14(2)23-24/h5-11,13H,12H2,1-4H3,(H,22,25). The maximum Gasteiger partial charge on any atom is 0.275 e. The lowest BCUT2D eigenvalue weighted by atomic mass is 10.1.